The predicted octanol–water partition coefficient (Wildman–Crippen LogP) is 3.05. The molecule has 3 aliphatic rings. The van der Waals surface area contributed by atoms with E-state index in [1.54, 1.807) is 6.92 Å². The first-order chi connectivity index (χ1) is 14.5. The van der Waals surface area contributed by atoms with Gasteiger partial charge in [0.1, 0.15) is 0 Å². The number of hydrogen-bond donors (Lipinski definition) is 1. The van der Waals surface area contributed by atoms with Crippen LogP contribution in [0.15, 0.2) is 18.2 Å². The van der Waals surface area contributed by atoms with E-state index in [0.29, 0.717) is 12.6 Å². The van der Waals surface area contributed by atoms with Crippen molar-refractivity contribution in [3.8, 4) is 0 Å². The van der Waals surface area contributed by atoms with Crippen molar-refractivity contribution in [2.45, 2.75) is 51.0 Å². The van der Waals surface area contributed by atoms with E-state index in [9.17, 15) is 9.59 Å². The molecule has 0 bridgehead atoms. The molecule has 2 amide bonds. The minimum atomic E-state index is -0.180. The summed E-state index contributed by atoms with van der Waals surface area (Å²) in [5.41, 5.74) is 3.56. The maximum absolute atomic E-state index is 12.3. The number of carbonyl (C=O) groups is 2. The number of nitrogens with one attached hydrogen (secondary N) is 1. The van der Waals surface area contributed by atoms with E-state index < -0.39 is 0 Å². The molecule has 0 saturated carbocycles. The lowest BCUT2D eigenvalue weighted by Crippen LogP contribution is -2.52. The highest BCUT2D eigenvalue weighted by Gasteiger charge is 2.46. The van der Waals surface area contributed by atoms with Crippen LogP contribution in [0.4, 0.5) is 16.2 Å². The minimum Gasteiger partial charge on any atom is -0.450 e. The number of hydrogen-bond acceptors (Lipinski definition) is 5. The Balaban J connectivity index is 1.42. The second kappa shape index (κ2) is 8.46. The Bertz CT molecular complexity index is 796. The standard InChI is InChI=1S/C23H34N4O3/c1-4-30-22(29)26-11-7-19(8-12-26)25-13-9-23(10-14-25)16-27(17(2)28)21-6-5-18(24-3)15-20(21)23/h5-6,15,19,24H,4,7-14,16H2,1-3H3. The SMILES string of the molecule is CCOC(=O)N1CCC(N2CCC3(CC2)CN(C(C)=O)c2ccc(NC)cc23)CC1. The number of amides is 2. The first kappa shape index (κ1) is 21.0. The fourth-order valence-corrected chi connectivity index (χ4v) is 5.48. The Kier molecular flexibility index (Phi) is 5.91. The summed E-state index contributed by atoms with van der Waals surface area (Å²) in [5.74, 6) is 0.124. The van der Waals surface area contributed by atoms with Gasteiger partial charge in [0.15, 0.2) is 0 Å². The van der Waals surface area contributed by atoms with Crippen LogP contribution >= 0.6 is 0 Å². The summed E-state index contributed by atoms with van der Waals surface area (Å²) in [6.45, 7) is 8.37. The Morgan fingerprint density at radius 1 is 1.17 bits per heavy atom. The number of likely N-dealkylation sites (tertiary alicyclic amines) is 2. The van der Waals surface area contributed by atoms with Crippen molar-refractivity contribution in [2.75, 3.05) is 56.6 Å². The number of nitrogens with zero attached hydrogens (tertiary/aromatic N) is 3. The molecule has 1 aromatic carbocycles. The van der Waals surface area contributed by atoms with E-state index in [1.807, 2.05) is 23.8 Å². The van der Waals surface area contributed by atoms with Gasteiger partial charge in [-0.3, -0.25) is 4.79 Å². The van der Waals surface area contributed by atoms with Gasteiger partial charge in [-0.1, -0.05) is 0 Å². The van der Waals surface area contributed by atoms with Crippen LogP contribution in [0.5, 0.6) is 0 Å². The fourth-order valence-electron chi connectivity index (χ4n) is 5.48. The maximum atomic E-state index is 12.3. The molecule has 7 nitrogen and oxygen atoms in total. The first-order valence-corrected chi connectivity index (χ1v) is 11.2. The molecular formula is C23H34N4O3. The lowest BCUT2D eigenvalue weighted by molar-refractivity contribution is -0.116. The summed E-state index contributed by atoms with van der Waals surface area (Å²) >= 11 is 0. The van der Waals surface area contributed by atoms with Gasteiger partial charge in [-0.15, -0.1) is 0 Å². The largest absolute Gasteiger partial charge is 0.450 e. The van der Waals surface area contributed by atoms with Gasteiger partial charge >= 0.3 is 6.09 Å². The lowest BCUT2D eigenvalue weighted by Gasteiger charge is -2.45. The molecule has 1 aromatic rings. The van der Waals surface area contributed by atoms with Gasteiger partial charge in [0.05, 0.1) is 6.61 Å². The molecule has 2 fully saturated rings. The molecule has 3 aliphatic heterocycles. The molecular weight excluding hydrogens is 380 g/mol. The van der Waals surface area contributed by atoms with Gasteiger partial charge in [-0.05, 0) is 69.5 Å². The van der Waals surface area contributed by atoms with Crippen molar-refractivity contribution in [1.29, 1.82) is 0 Å². The summed E-state index contributed by atoms with van der Waals surface area (Å²) < 4.78 is 5.14. The summed E-state index contributed by atoms with van der Waals surface area (Å²) in [7, 11) is 1.94. The molecule has 164 valence electrons. The van der Waals surface area contributed by atoms with E-state index >= 15 is 0 Å². The third-order valence-corrected chi connectivity index (χ3v) is 7.25. The maximum Gasteiger partial charge on any atom is 0.409 e. The molecule has 2 saturated heterocycles. The van der Waals surface area contributed by atoms with Crippen LogP contribution in [0.2, 0.25) is 0 Å². The van der Waals surface area contributed by atoms with Crippen LogP contribution in [-0.4, -0.2) is 74.2 Å². The molecule has 0 atom stereocenters. The average Bonchev–Trinajstić information content (AvgIpc) is 3.08. The highest BCUT2D eigenvalue weighted by Crippen LogP contribution is 2.48. The van der Waals surface area contributed by atoms with E-state index in [-0.39, 0.29) is 17.4 Å². The number of fused-ring (bicyclic) bond motifs is 2. The Morgan fingerprint density at radius 3 is 2.47 bits per heavy atom. The van der Waals surface area contributed by atoms with Crippen LogP contribution < -0.4 is 10.2 Å². The summed E-state index contributed by atoms with van der Waals surface area (Å²) in [4.78, 5) is 30.6. The molecule has 30 heavy (non-hydrogen) atoms. The van der Waals surface area contributed by atoms with Crippen LogP contribution in [0.3, 0.4) is 0 Å². The van der Waals surface area contributed by atoms with Crippen molar-refractivity contribution >= 4 is 23.4 Å². The number of carbonyl (C=O) groups excluding carboxylic acids is 2. The average molecular weight is 415 g/mol. The highest BCUT2D eigenvalue weighted by molar-refractivity contribution is 5.95. The van der Waals surface area contributed by atoms with Crippen LogP contribution in [-0.2, 0) is 14.9 Å². The normalized spacial score (nSPS) is 21.6. The van der Waals surface area contributed by atoms with Crippen LogP contribution in [0, 0.1) is 0 Å². The number of benzene rings is 1. The summed E-state index contributed by atoms with van der Waals surface area (Å²) in [6.07, 6.45) is 3.96. The van der Waals surface area contributed by atoms with Gasteiger partial charge in [0.25, 0.3) is 0 Å². The highest BCUT2D eigenvalue weighted by atomic mass is 16.6. The van der Waals surface area contributed by atoms with Crippen molar-refractivity contribution in [3.05, 3.63) is 23.8 Å². The van der Waals surface area contributed by atoms with Crippen molar-refractivity contribution < 1.29 is 14.3 Å². The van der Waals surface area contributed by atoms with E-state index in [1.165, 1.54) is 5.56 Å². The third kappa shape index (κ3) is 3.75. The Labute approximate surface area is 179 Å². The molecule has 1 N–H and O–H groups in total. The minimum absolute atomic E-state index is 0.0516. The van der Waals surface area contributed by atoms with Gasteiger partial charge in [0.2, 0.25) is 5.91 Å². The van der Waals surface area contributed by atoms with Crippen molar-refractivity contribution in [1.82, 2.24) is 9.80 Å². The van der Waals surface area contributed by atoms with E-state index in [4.69, 9.17) is 4.74 Å². The monoisotopic (exact) mass is 414 g/mol. The Hall–Kier alpha value is -2.28. The zero-order valence-corrected chi connectivity index (χ0v) is 18.4. The predicted molar refractivity (Wildman–Crippen MR) is 118 cm³/mol. The molecule has 4 rings (SSSR count). The number of anilines is 2. The number of rotatable bonds is 3. The topological polar surface area (TPSA) is 65.1 Å². The van der Waals surface area contributed by atoms with Crippen LogP contribution in [0.1, 0.15) is 45.1 Å². The van der Waals surface area contributed by atoms with Crippen molar-refractivity contribution in [2.24, 2.45) is 0 Å². The molecule has 3 heterocycles. The second-order valence-electron chi connectivity index (χ2n) is 8.82. The smallest absolute Gasteiger partial charge is 0.409 e. The first-order valence-electron chi connectivity index (χ1n) is 11.2. The molecule has 0 radical (unpaired) electrons. The molecule has 0 aromatic heterocycles. The van der Waals surface area contributed by atoms with E-state index in [2.05, 4.69) is 28.4 Å². The summed E-state index contributed by atoms with van der Waals surface area (Å²) in [6, 6.07) is 6.92. The zero-order valence-electron chi connectivity index (χ0n) is 18.4. The molecule has 7 heteroatoms. The fraction of sp³-hybridized carbons (Fsp3) is 0.652. The molecule has 0 unspecified atom stereocenters. The molecule has 0 aliphatic carbocycles. The second-order valence-corrected chi connectivity index (χ2v) is 8.82. The van der Waals surface area contributed by atoms with Crippen molar-refractivity contribution in [3.63, 3.8) is 0 Å². The summed E-state index contributed by atoms with van der Waals surface area (Å²) in [5, 5.41) is 3.25. The number of ether oxygens (including phenoxy) is 1. The zero-order chi connectivity index (χ0) is 21.3. The van der Waals surface area contributed by atoms with Gasteiger partial charge in [-0.2, -0.15) is 0 Å². The van der Waals surface area contributed by atoms with E-state index in [0.717, 1.165) is 69.8 Å². The van der Waals surface area contributed by atoms with Gasteiger partial charge < -0.3 is 24.8 Å². The third-order valence-electron chi connectivity index (χ3n) is 7.25. The van der Waals surface area contributed by atoms with Gasteiger partial charge in [-0.25, -0.2) is 4.79 Å². The van der Waals surface area contributed by atoms with Gasteiger partial charge in [0, 0.05) is 56.4 Å². The molecule has 1 spiro atoms. The van der Waals surface area contributed by atoms with Crippen LogP contribution in [0.25, 0.3) is 0 Å². The quantitative estimate of drug-likeness (QED) is 0.824. The Morgan fingerprint density at radius 2 is 1.87 bits per heavy atom. The lowest BCUT2D eigenvalue weighted by atomic mass is 9.73. The number of piperidine rings is 2.